The van der Waals surface area contributed by atoms with Gasteiger partial charge in [-0.15, -0.1) is 0 Å². The summed E-state index contributed by atoms with van der Waals surface area (Å²) in [5.41, 5.74) is 0. The predicted octanol–water partition coefficient (Wildman–Crippen LogP) is 7.46. The first-order valence-electron chi connectivity index (χ1n) is 16.2. The number of phosphoric ester groups is 1. The van der Waals surface area contributed by atoms with Gasteiger partial charge in [-0.3, -0.25) is 13.8 Å². The number of phosphoric acid groups is 1. The minimum absolute atomic E-state index is 0.0583. The highest BCUT2D eigenvalue weighted by atomic mass is 31.2. The molecule has 0 radical (unpaired) electrons. The Balaban J connectivity index is 4.24. The molecule has 0 saturated carbocycles. The Kier molecular flexibility index (Phi) is 24.8. The van der Waals surface area contributed by atoms with Gasteiger partial charge in [0.15, 0.2) is 0 Å². The molecule has 9 heteroatoms. The minimum Gasteiger partial charge on any atom is -0.387 e. The summed E-state index contributed by atoms with van der Waals surface area (Å²) in [5, 5.41) is 13.4. The maximum atomic E-state index is 12.6. The highest BCUT2D eigenvalue weighted by Gasteiger charge is 2.27. The molecule has 8 nitrogen and oxygen atoms in total. The van der Waals surface area contributed by atoms with E-state index in [9.17, 15) is 19.4 Å². The first-order valence-corrected chi connectivity index (χ1v) is 17.7. The fourth-order valence-electron chi connectivity index (χ4n) is 4.22. The molecule has 3 unspecified atom stereocenters. The second-order valence-corrected chi connectivity index (χ2v) is 13.6. The van der Waals surface area contributed by atoms with Crippen molar-refractivity contribution < 1.29 is 32.9 Å². The molecule has 0 saturated heterocycles. The summed E-state index contributed by atoms with van der Waals surface area (Å²) in [5.74, 6) is -0.200. The molecular formula is C32H64N2O6P+. The molecule has 0 spiro atoms. The molecule has 0 heterocycles. The van der Waals surface area contributed by atoms with Crippen LogP contribution < -0.4 is 5.32 Å². The summed E-state index contributed by atoms with van der Waals surface area (Å²) in [4.78, 5) is 22.6. The fraction of sp³-hybridized carbons (Fsp3) is 0.844. The number of aliphatic hydroxyl groups excluding tert-OH is 1. The van der Waals surface area contributed by atoms with Crippen molar-refractivity contribution >= 4 is 13.7 Å². The van der Waals surface area contributed by atoms with Crippen LogP contribution in [0.25, 0.3) is 0 Å². The molecule has 1 amide bonds. The molecule has 242 valence electrons. The van der Waals surface area contributed by atoms with Crippen LogP contribution in [0.3, 0.4) is 0 Å². The lowest BCUT2D eigenvalue weighted by Gasteiger charge is -2.25. The van der Waals surface area contributed by atoms with Gasteiger partial charge in [0.25, 0.3) is 0 Å². The van der Waals surface area contributed by atoms with Gasteiger partial charge < -0.3 is 19.8 Å². The topological polar surface area (TPSA) is 105 Å². The second-order valence-electron chi connectivity index (χ2n) is 12.2. The largest absolute Gasteiger partial charge is 0.472 e. The van der Waals surface area contributed by atoms with Crippen molar-refractivity contribution in [1.29, 1.82) is 0 Å². The van der Waals surface area contributed by atoms with E-state index < -0.39 is 20.0 Å². The van der Waals surface area contributed by atoms with Crippen molar-refractivity contribution in [2.75, 3.05) is 40.9 Å². The molecule has 0 aromatic heterocycles. The number of nitrogens with one attached hydrogen (secondary N) is 1. The van der Waals surface area contributed by atoms with E-state index in [-0.39, 0.29) is 19.1 Å². The van der Waals surface area contributed by atoms with E-state index in [0.717, 1.165) is 44.9 Å². The van der Waals surface area contributed by atoms with Crippen LogP contribution in [0.15, 0.2) is 24.3 Å². The van der Waals surface area contributed by atoms with Crippen LogP contribution in [-0.2, 0) is 18.4 Å². The molecule has 0 aliphatic rings. The Hall–Kier alpha value is -1.02. The van der Waals surface area contributed by atoms with E-state index >= 15 is 0 Å². The monoisotopic (exact) mass is 603 g/mol. The van der Waals surface area contributed by atoms with Gasteiger partial charge in [0.05, 0.1) is 39.9 Å². The Morgan fingerprint density at radius 3 is 1.93 bits per heavy atom. The van der Waals surface area contributed by atoms with Crippen LogP contribution in [0.1, 0.15) is 123 Å². The van der Waals surface area contributed by atoms with Gasteiger partial charge in [0.2, 0.25) is 5.91 Å². The Morgan fingerprint density at radius 2 is 1.37 bits per heavy atom. The number of allylic oxidation sites excluding steroid dienone is 3. The van der Waals surface area contributed by atoms with Crippen LogP contribution >= 0.6 is 7.82 Å². The number of carbonyl (C=O) groups is 1. The van der Waals surface area contributed by atoms with Crippen molar-refractivity contribution in [2.45, 2.75) is 135 Å². The summed E-state index contributed by atoms with van der Waals surface area (Å²) >= 11 is 0. The third-order valence-corrected chi connectivity index (χ3v) is 7.88. The number of nitrogens with zero attached hydrogens (tertiary/aromatic N) is 1. The van der Waals surface area contributed by atoms with Gasteiger partial charge >= 0.3 is 7.82 Å². The molecular weight excluding hydrogens is 539 g/mol. The average molecular weight is 604 g/mol. The Morgan fingerprint density at radius 1 is 0.805 bits per heavy atom. The molecule has 0 aliphatic carbocycles. The fourth-order valence-corrected chi connectivity index (χ4v) is 4.95. The quantitative estimate of drug-likeness (QED) is 0.0371. The molecule has 0 rings (SSSR count). The van der Waals surface area contributed by atoms with Crippen molar-refractivity contribution in [3.8, 4) is 0 Å². The van der Waals surface area contributed by atoms with Crippen molar-refractivity contribution in [3.05, 3.63) is 24.3 Å². The van der Waals surface area contributed by atoms with Crippen LogP contribution in [0.5, 0.6) is 0 Å². The lowest BCUT2D eigenvalue weighted by molar-refractivity contribution is -0.870. The number of hydrogen-bond donors (Lipinski definition) is 3. The zero-order valence-electron chi connectivity index (χ0n) is 27.0. The first kappa shape index (κ1) is 40.0. The van der Waals surface area contributed by atoms with Crippen LogP contribution in [0.4, 0.5) is 0 Å². The van der Waals surface area contributed by atoms with Gasteiger partial charge in [-0.2, -0.15) is 0 Å². The number of aliphatic hydroxyl groups is 1. The number of hydrogen-bond acceptors (Lipinski definition) is 5. The maximum absolute atomic E-state index is 12.6. The lowest BCUT2D eigenvalue weighted by Crippen LogP contribution is -2.45. The third kappa shape index (κ3) is 27.6. The van der Waals surface area contributed by atoms with Gasteiger partial charge in [-0.05, 0) is 38.5 Å². The second kappa shape index (κ2) is 25.5. The first-order chi connectivity index (χ1) is 19.5. The third-order valence-electron chi connectivity index (χ3n) is 6.90. The molecule has 0 bridgehead atoms. The van der Waals surface area contributed by atoms with E-state index in [1.807, 2.05) is 34.1 Å². The average Bonchev–Trinajstić information content (AvgIpc) is 2.90. The van der Waals surface area contributed by atoms with E-state index in [1.54, 1.807) is 6.08 Å². The van der Waals surface area contributed by atoms with Crippen LogP contribution in [-0.4, -0.2) is 73.4 Å². The summed E-state index contributed by atoms with van der Waals surface area (Å²) < 4.78 is 23.1. The SMILES string of the molecule is CCC/C=C/C(O)C(COP(=O)(O)OCC[N+](C)(C)C)NC(=O)CCCCCCC/C=C\CCCCCCCCC. The smallest absolute Gasteiger partial charge is 0.387 e. The van der Waals surface area contributed by atoms with Gasteiger partial charge in [-0.1, -0.05) is 102 Å². The minimum atomic E-state index is -4.30. The number of carbonyl (C=O) groups excluding carboxylic acids is 1. The maximum Gasteiger partial charge on any atom is 0.472 e. The van der Waals surface area contributed by atoms with Crippen LogP contribution in [0.2, 0.25) is 0 Å². The predicted molar refractivity (Wildman–Crippen MR) is 171 cm³/mol. The van der Waals surface area contributed by atoms with E-state index in [1.165, 1.54) is 57.8 Å². The molecule has 3 atom stereocenters. The van der Waals surface area contributed by atoms with E-state index in [4.69, 9.17) is 9.05 Å². The summed E-state index contributed by atoms with van der Waals surface area (Å²) in [7, 11) is 1.55. The van der Waals surface area contributed by atoms with Gasteiger partial charge in [-0.25, -0.2) is 4.57 Å². The van der Waals surface area contributed by atoms with Gasteiger partial charge in [0, 0.05) is 6.42 Å². The molecule has 3 N–H and O–H groups in total. The number of amides is 1. The zero-order valence-corrected chi connectivity index (χ0v) is 27.9. The van der Waals surface area contributed by atoms with E-state index in [0.29, 0.717) is 17.4 Å². The molecule has 0 aromatic rings. The lowest BCUT2D eigenvalue weighted by atomic mass is 10.1. The highest BCUT2D eigenvalue weighted by Crippen LogP contribution is 2.43. The Bertz CT molecular complexity index is 738. The summed E-state index contributed by atoms with van der Waals surface area (Å²) in [6.45, 7) is 4.55. The Labute approximate surface area is 252 Å². The summed E-state index contributed by atoms with van der Waals surface area (Å²) in [6.07, 6.45) is 26.0. The zero-order chi connectivity index (χ0) is 30.8. The van der Waals surface area contributed by atoms with Crippen molar-refractivity contribution in [1.82, 2.24) is 5.32 Å². The number of likely N-dealkylation sites (N-methyl/N-ethyl adjacent to an activating group) is 1. The highest BCUT2D eigenvalue weighted by molar-refractivity contribution is 7.47. The van der Waals surface area contributed by atoms with Crippen molar-refractivity contribution in [2.24, 2.45) is 0 Å². The molecule has 41 heavy (non-hydrogen) atoms. The number of quaternary nitrogens is 1. The number of unbranched alkanes of at least 4 members (excludes halogenated alkanes) is 13. The molecule has 0 aliphatic heterocycles. The van der Waals surface area contributed by atoms with Crippen LogP contribution in [0, 0.1) is 0 Å². The standard InChI is InChI=1S/C32H63N2O6P/c1-6-8-10-11-12-13-14-15-16-17-18-19-20-21-22-24-26-32(36)33-30(31(35)25-23-9-7-2)29-40-41(37,38)39-28-27-34(3,4)5/h16-17,23,25,30-31,35H,6-15,18-22,24,26-29H2,1-5H3,(H-,33,36,37,38)/p+1/b17-16-,25-23+. The van der Waals surface area contributed by atoms with Crippen molar-refractivity contribution in [3.63, 3.8) is 0 Å². The molecule has 0 aromatic carbocycles. The van der Waals surface area contributed by atoms with E-state index in [2.05, 4.69) is 24.4 Å². The summed E-state index contributed by atoms with van der Waals surface area (Å²) in [6, 6.07) is -0.842. The molecule has 0 fully saturated rings. The number of rotatable bonds is 28. The normalized spacial score (nSPS) is 15.4. The van der Waals surface area contributed by atoms with Gasteiger partial charge in [0.1, 0.15) is 13.2 Å².